The Hall–Kier alpha value is -0.0831. The van der Waals surface area contributed by atoms with Gasteiger partial charge in [0.25, 0.3) is 0 Å². The Bertz CT molecular complexity index is 474. The van der Waals surface area contributed by atoms with Crippen LogP contribution in [0.15, 0.2) is 22.7 Å². The predicted molar refractivity (Wildman–Crippen MR) is 89.5 cm³/mol. The summed E-state index contributed by atoms with van der Waals surface area (Å²) in [6.45, 7) is 7.82. The van der Waals surface area contributed by atoms with Gasteiger partial charge >= 0.3 is 0 Å². The van der Waals surface area contributed by atoms with Crippen LogP contribution in [0.5, 0.6) is 0 Å². The van der Waals surface area contributed by atoms with Gasteiger partial charge in [0, 0.05) is 4.47 Å². The molecule has 0 nitrogen and oxygen atoms in total. The van der Waals surface area contributed by atoms with E-state index in [1.54, 1.807) is 11.1 Å². The van der Waals surface area contributed by atoms with Crippen LogP contribution in [0.1, 0.15) is 49.3 Å². The summed E-state index contributed by atoms with van der Waals surface area (Å²) in [6, 6.07) is 6.88. The van der Waals surface area contributed by atoms with E-state index in [9.17, 15) is 0 Å². The van der Waals surface area contributed by atoms with E-state index in [1.807, 2.05) is 0 Å². The molecular weight excluding hydrogens is 312 g/mol. The van der Waals surface area contributed by atoms with Gasteiger partial charge in [-0.3, -0.25) is 0 Å². The van der Waals surface area contributed by atoms with Gasteiger partial charge in [-0.2, -0.15) is 0 Å². The molecule has 0 radical (unpaired) electrons. The van der Waals surface area contributed by atoms with Gasteiger partial charge in [0.05, 0.1) is 8.07 Å². The molecule has 3 rings (SSSR count). The minimum Gasteiger partial charge on any atom is -0.0687 e. The van der Waals surface area contributed by atoms with Crippen LogP contribution in [-0.2, 0) is 6.42 Å². The predicted octanol–water partition coefficient (Wildman–Crippen LogP) is 5.92. The first-order valence-electron chi connectivity index (χ1n) is 7.79. The summed E-state index contributed by atoms with van der Waals surface area (Å²) >= 11 is 3.77. The van der Waals surface area contributed by atoms with Gasteiger partial charge in [-0.25, -0.2) is 0 Å². The summed E-state index contributed by atoms with van der Waals surface area (Å²) in [6.07, 6.45) is 7.25. The van der Waals surface area contributed by atoms with Crippen LogP contribution in [0.25, 0.3) is 0 Å². The quantitative estimate of drug-likeness (QED) is 0.588. The van der Waals surface area contributed by atoms with Crippen molar-refractivity contribution in [2.75, 3.05) is 0 Å². The van der Waals surface area contributed by atoms with Crippen molar-refractivity contribution < 1.29 is 0 Å². The van der Waals surface area contributed by atoms with E-state index in [2.05, 4.69) is 54.1 Å². The zero-order chi connectivity index (χ0) is 13.6. The summed E-state index contributed by atoms with van der Waals surface area (Å²) in [4.78, 5) is 0. The summed E-state index contributed by atoms with van der Waals surface area (Å²) in [5.41, 5.74) is 5.23. The van der Waals surface area contributed by atoms with Gasteiger partial charge in [-0.05, 0) is 40.6 Å². The molecule has 19 heavy (non-hydrogen) atoms. The lowest BCUT2D eigenvalue weighted by molar-refractivity contribution is 0.578. The molecular formula is C17H25BrSi. The standard InChI is InChI=1S/C17H25BrSi/c1-12-11-15-14(9-6-10-16(15)18)17(12)19(2,3)13-7-4-5-8-13/h6,9-10,12-13,17H,4-5,7-8,11H2,1-3H3. The van der Waals surface area contributed by atoms with Crippen LogP contribution >= 0.6 is 15.9 Å². The highest BCUT2D eigenvalue weighted by molar-refractivity contribution is 9.10. The lowest BCUT2D eigenvalue weighted by atomic mass is 10.1. The maximum atomic E-state index is 3.77. The molecule has 0 aliphatic heterocycles. The van der Waals surface area contributed by atoms with Crippen LogP contribution in [0.3, 0.4) is 0 Å². The smallest absolute Gasteiger partial charge is 0.0586 e. The third-order valence-corrected chi connectivity index (χ3v) is 11.7. The number of benzene rings is 1. The van der Waals surface area contributed by atoms with Crippen LogP contribution in [0.2, 0.25) is 18.6 Å². The van der Waals surface area contributed by atoms with E-state index in [0.717, 1.165) is 17.0 Å². The molecule has 2 unspecified atom stereocenters. The number of fused-ring (bicyclic) bond motifs is 1. The average Bonchev–Trinajstić information content (AvgIpc) is 2.96. The zero-order valence-corrected chi connectivity index (χ0v) is 15.0. The van der Waals surface area contributed by atoms with E-state index < -0.39 is 8.07 Å². The van der Waals surface area contributed by atoms with Gasteiger partial charge < -0.3 is 0 Å². The number of hydrogen-bond acceptors (Lipinski definition) is 0. The van der Waals surface area contributed by atoms with E-state index in [1.165, 1.54) is 36.6 Å². The molecule has 2 aliphatic rings. The molecule has 0 N–H and O–H groups in total. The van der Waals surface area contributed by atoms with Crippen molar-refractivity contribution in [1.82, 2.24) is 0 Å². The van der Waals surface area contributed by atoms with Crippen molar-refractivity contribution in [2.45, 2.75) is 63.2 Å². The molecule has 1 aromatic rings. The first-order valence-corrected chi connectivity index (χ1v) is 11.7. The maximum Gasteiger partial charge on any atom is 0.0586 e. The maximum absolute atomic E-state index is 3.77. The van der Waals surface area contributed by atoms with Crippen LogP contribution in [0.4, 0.5) is 0 Å². The molecule has 1 saturated carbocycles. The van der Waals surface area contributed by atoms with Crippen molar-refractivity contribution in [3.63, 3.8) is 0 Å². The molecule has 104 valence electrons. The third-order valence-electron chi connectivity index (χ3n) is 5.79. The first-order chi connectivity index (χ1) is 9.01. The van der Waals surface area contributed by atoms with Crippen molar-refractivity contribution >= 4 is 24.0 Å². The highest BCUT2D eigenvalue weighted by Gasteiger charge is 2.46. The molecule has 0 aromatic heterocycles. The van der Waals surface area contributed by atoms with Gasteiger partial charge in [0.2, 0.25) is 0 Å². The molecule has 0 spiro atoms. The van der Waals surface area contributed by atoms with Gasteiger partial charge in [0.1, 0.15) is 0 Å². The Balaban J connectivity index is 1.99. The van der Waals surface area contributed by atoms with E-state index in [4.69, 9.17) is 0 Å². The fourth-order valence-electron chi connectivity index (χ4n) is 4.89. The molecule has 2 heteroatoms. The van der Waals surface area contributed by atoms with Crippen molar-refractivity contribution in [3.8, 4) is 0 Å². The minimum atomic E-state index is -1.20. The lowest BCUT2D eigenvalue weighted by Gasteiger charge is -2.38. The van der Waals surface area contributed by atoms with E-state index in [0.29, 0.717) is 0 Å². The molecule has 1 aromatic carbocycles. The lowest BCUT2D eigenvalue weighted by Crippen LogP contribution is -2.41. The van der Waals surface area contributed by atoms with Crippen molar-refractivity contribution in [3.05, 3.63) is 33.8 Å². The molecule has 2 aliphatic carbocycles. The molecule has 2 atom stereocenters. The fourth-order valence-corrected chi connectivity index (χ4v) is 10.5. The number of halogens is 1. The van der Waals surface area contributed by atoms with Gasteiger partial charge in [-0.1, -0.05) is 73.8 Å². The highest BCUT2D eigenvalue weighted by Crippen LogP contribution is 2.52. The summed E-state index contributed by atoms with van der Waals surface area (Å²) in [5, 5.41) is 0. The SMILES string of the molecule is CC1Cc2c(Br)cccc2C1[Si](C)(C)C1CCCC1. The molecule has 0 amide bonds. The molecule has 0 heterocycles. The van der Waals surface area contributed by atoms with Crippen LogP contribution < -0.4 is 0 Å². The average molecular weight is 337 g/mol. The Morgan fingerprint density at radius 3 is 2.53 bits per heavy atom. The third kappa shape index (κ3) is 2.25. The van der Waals surface area contributed by atoms with Crippen LogP contribution in [-0.4, -0.2) is 8.07 Å². The number of hydrogen-bond donors (Lipinski definition) is 0. The summed E-state index contributed by atoms with van der Waals surface area (Å²) < 4.78 is 1.34. The fraction of sp³-hybridized carbons (Fsp3) is 0.647. The van der Waals surface area contributed by atoms with Crippen molar-refractivity contribution in [1.29, 1.82) is 0 Å². The van der Waals surface area contributed by atoms with Crippen LogP contribution in [0, 0.1) is 5.92 Å². The minimum absolute atomic E-state index is 0.843. The zero-order valence-electron chi connectivity index (χ0n) is 12.4. The Morgan fingerprint density at radius 2 is 1.84 bits per heavy atom. The monoisotopic (exact) mass is 336 g/mol. The Labute approximate surface area is 127 Å². The molecule has 0 bridgehead atoms. The molecule has 0 saturated heterocycles. The number of rotatable bonds is 2. The topological polar surface area (TPSA) is 0 Å². The second kappa shape index (κ2) is 5.03. The second-order valence-corrected chi connectivity index (χ2v) is 13.2. The van der Waals surface area contributed by atoms with E-state index in [-0.39, 0.29) is 0 Å². The Kier molecular flexibility index (Phi) is 3.68. The largest absolute Gasteiger partial charge is 0.0687 e. The van der Waals surface area contributed by atoms with Gasteiger partial charge in [-0.15, -0.1) is 0 Å². The Morgan fingerprint density at radius 1 is 1.16 bits per heavy atom. The second-order valence-electron chi connectivity index (χ2n) is 7.27. The first kappa shape index (κ1) is 13.9. The van der Waals surface area contributed by atoms with Gasteiger partial charge in [0.15, 0.2) is 0 Å². The highest BCUT2D eigenvalue weighted by atomic mass is 79.9. The van der Waals surface area contributed by atoms with E-state index >= 15 is 0 Å². The normalized spacial score (nSPS) is 27.8. The molecule has 1 fully saturated rings. The van der Waals surface area contributed by atoms with Crippen molar-refractivity contribution in [2.24, 2.45) is 5.92 Å². The summed E-state index contributed by atoms with van der Waals surface area (Å²) in [7, 11) is -1.20. The summed E-state index contributed by atoms with van der Waals surface area (Å²) in [5.74, 6) is 0.843.